The lowest BCUT2D eigenvalue weighted by molar-refractivity contribution is 0.452. The van der Waals surface area contributed by atoms with Crippen LogP contribution in [0.15, 0.2) is 206 Å². The summed E-state index contributed by atoms with van der Waals surface area (Å²) < 4.78 is 10.1. The van der Waals surface area contributed by atoms with E-state index in [1.165, 1.54) is 83.2 Å². The van der Waals surface area contributed by atoms with Gasteiger partial charge in [-0.05, 0) is 148 Å². The summed E-state index contributed by atoms with van der Waals surface area (Å²) in [7, 11) is 0. The molecule has 2 aliphatic heterocycles. The molecular weight excluding hydrogens is 1020 g/mol. The molecule has 10 aromatic carbocycles. The maximum absolute atomic E-state index is 7.59. The second-order valence-electron chi connectivity index (χ2n) is 29.1. The first-order valence-electron chi connectivity index (χ1n) is 30.3. The molecule has 11 aromatic rings. The summed E-state index contributed by atoms with van der Waals surface area (Å²) in [6.07, 6.45) is 0. The van der Waals surface area contributed by atoms with Crippen LogP contribution in [0.25, 0.3) is 72.0 Å². The summed E-state index contributed by atoms with van der Waals surface area (Å²) in [5.74, 6) is 1.62. The lowest BCUT2D eigenvalue weighted by Gasteiger charge is -2.43. The number of para-hydroxylation sites is 2. The van der Waals surface area contributed by atoms with Crippen molar-refractivity contribution in [1.29, 1.82) is 0 Å². The predicted molar refractivity (Wildman–Crippen MR) is 358 cm³/mol. The van der Waals surface area contributed by atoms with E-state index < -0.39 is 0 Å². The largest absolute Gasteiger partial charge is 0.457 e. The number of hydrogen-bond acceptors (Lipinski definition) is 2. The fourth-order valence-electron chi connectivity index (χ4n) is 13.0. The van der Waals surface area contributed by atoms with E-state index in [0.29, 0.717) is 0 Å². The van der Waals surface area contributed by atoms with E-state index >= 15 is 0 Å². The van der Waals surface area contributed by atoms with Gasteiger partial charge in [0, 0.05) is 44.6 Å². The number of rotatable bonds is 6. The van der Waals surface area contributed by atoms with Gasteiger partial charge < -0.3 is 14.2 Å². The highest BCUT2D eigenvalue weighted by Crippen LogP contribution is 2.63. The number of hydrogen-bond donors (Lipinski definition) is 0. The molecule has 13 rings (SSSR count). The van der Waals surface area contributed by atoms with Crippen molar-refractivity contribution in [2.24, 2.45) is 0 Å². The van der Waals surface area contributed by atoms with Gasteiger partial charge in [-0.1, -0.05) is 256 Å². The first kappa shape index (κ1) is 54.8. The Bertz CT molecular complexity index is 4320. The van der Waals surface area contributed by atoms with E-state index in [9.17, 15) is 0 Å². The molecule has 0 bridgehead atoms. The van der Waals surface area contributed by atoms with Crippen LogP contribution in [0.5, 0.6) is 11.5 Å². The number of ether oxygens (including phenoxy) is 1. The molecule has 3 heteroatoms. The molecule has 0 aliphatic carbocycles. The number of aromatic nitrogens is 1. The van der Waals surface area contributed by atoms with Crippen LogP contribution >= 0.6 is 0 Å². The fourth-order valence-corrected chi connectivity index (χ4v) is 13.0. The van der Waals surface area contributed by atoms with Gasteiger partial charge in [-0.3, -0.25) is 0 Å². The normalized spacial score (nSPS) is 14.3. The second kappa shape index (κ2) is 19.6. The first-order chi connectivity index (χ1) is 39.8. The Hall–Kier alpha value is -8.40. The van der Waals surface area contributed by atoms with Gasteiger partial charge in [-0.25, -0.2) is 0 Å². The van der Waals surface area contributed by atoms with Gasteiger partial charge in [0.15, 0.2) is 0 Å². The molecule has 0 amide bonds. The molecule has 0 saturated carbocycles. The minimum absolute atomic E-state index is 0.0356. The molecule has 2 aliphatic rings. The third-order valence-corrected chi connectivity index (χ3v) is 18.0. The van der Waals surface area contributed by atoms with Crippen LogP contribution in [0.3, 0.4) is 0 Å². The number of benzene rings is 10. The summed E-state index contributed by atoms with van der Waals surface area (Å²) >= 11 is 0. The molecule has 0 spiro atoms. The molecule has 0 saturated heterocycles. The smallest absolute Gasteiger partial charge is 0.134 e. The van der Waals surface area contributed by atoms with Crippen LogP contribution in [-0.2, 0) is 27.1 Å². The maximum Gasteiger partial charge on any atom is 0.134 e. The SMILES string of the molecule is CC(C)(C)c1cc(-c2ccc3c(c2)C2c4ccc(C(C)(C)C)cc4N(c4c(-c5ccccc5)cc5c(c4-c4ccccc4)c4ccccc4n5-c4ccccc4)c4cc(-c5cc(C(C)(C)C)cc(C(C)(C)C)c5)cc(c42)O3)cc(C(C)(C)C)c1. The van der Waals surface area contributed by atoms with E-state index in [0.717, 1.165) is 61.8 Å². The zero-order valence-electron chi connectivity index (χ0n) is 52.0. The Labute approximate surface area is 499 Å². The van der Waals surface area contributed by atoms with Crippen molar-refractivity contribution in [2.75, 3.05) is 4.90 Å². The van der Waals surface area contributed by atoms with Gasteiger partial charge in [0.1, 0.15) is 11.5 Å². The van der Waals surface area contributed by atoms with Gasteiger partial charge in [-0.15, -0.1) is 0 Å². The second-order valence-corrected chi connectivity index (χ2v) is 29.1. The Balaban J connectivity index is 1.20. The predicted octanol–water partition coefficient (Wildman–Crippen LogP) is 23.0. The summed E-state index contributed by atoms with van der Waals surface area (Å²) in [6.45, 7) is 35.1. The topological polar surface area (TPSA) is 17.4 Å². The van der Waals surface area contributed by atoms with Crippen LogP contribution in [0.2, 0.25) is 0 Å². The molecule has 1 aromatic heterocycles. The molecule has 3 nitrogen and oxygen atoms in total. The lowest BCUT2D eigenvalue weighted by atomic mass is 9.74. The van der Waals surface area contributed by atoms with Crippen molar-refractivity contribution in [3.05, 3.63) is 251 Å². The maximum atomic E-state index is 7.59. The van der Waals surface area contributed by atoms with E-state index in [1.54, 1.807) is 0 Å². The van der Waals surface area contributed by atoms with Gasteiger partial charge in [-0.2, -0.15) is 0 Å². The summed E-state index contributed by atoms with van der Waals surface area (Å²) in [6, 6.07) is 78.6. The molecule has 420 valence electrons. The Morgan fingerprint density at radius 3 is 1.43 bits per heavy atom. The van der Waals surface area contributed by atoms with Crippen molar-refractivity contribution in [1.82, 2.24) is 4.57 Å². The monoisotopic (exact) mass is 1100 g/mol. The van der Waals surface area contributed by atoms with Crippen LogP contribution in [0.4, 0.5) is 17.1 Å². The highest BCUT2D eigenvalue weighted by Gasteiger charge is 2.43. The number of anilines is 3. The van der Waals surface area contributed by atoms with Crippen molar-refractivity contribution in [3.8, 4) is 61.7 Å². The van der Waals surface area contributed by atoms with Crippen LogP contribution in [0, 0.1) is 0 Å². The number of fused-ring (bicyclic) bond motifs is 7. The fraction of sp³-hybridized carbons (Fsp3) is 0.259. The summed E-state index contributed by atoms with van der Waals surface area (Å²) in [5, 5.41) is 2.41. The van der Waals surface area contributed by atoms with Gasteiger partial charge in [0.25, 0.3) is 0 Å². The minimum atomic E-state index is -0.161. The molecule has 0 fully saturated rings. The summed E-state index contributed by atoms with van der Waals surface area (Å²) in [5.41, 5.74) is 26.0. The molecule has 84 heavy (non-hydrogen) atoms. The third kappa shape index (κ3) is 9.45. The molecule has 0 N–H and O–H groups in total. The molecule has 1 unspecified atom stereocenters. The molecular formula is C81H80N2O. The zero-order valence-corrected chi connectivity index (χ0v) is 52.0. The van der Waals surface area contributed by atoms with E-state index in [1.807, 2.05) is 0 Å². The average molecular weight is 1100 g/mol. The number of nitrogens with zero attached hydrogens (tertiary/aromatic N) is 2. The van der Waals surface area contributed by atoms with Crippen molar-refractivity contribution in [2.45, 2.75) is 137 Å². The van der Waals surface area contributed by atoms with E-state index in [-0.39, 0.29) is 33.0 Å². The van der Waals surface area contributed by atoms with E-state index in [4.69, 9.17) is 4.74 Å². The minimum Gasteiger partial charge on any atom is -0.457 e. The quantitative estimate of drug-likeness (QED) is 0.165. The first-order valence-corrected chi connectivity index (χ1v) is 30.3. The third-order valence-electron chi connectivity index (χ3n) is 18.0. The zero-order chi connectivity index (χ0) is 59.0. The standard InChI is InChI=1S/C81H80N2O/c1-77(2,3)56-36-37-63-67(48-56)83(76-64(50-27-19-16-20-28-50)49-69-74(72(76)51-29-21-17-22-30-51)62-33-25-26-34-66(62)82(69)61-31-23-18-24-32-61)68-44-55(54-41-59(80(10,11)12)47-60(42-54)81(13,14)15)45-71-75(68)73(63)65-43-52(35-38-70(65)84-71)53-39-57(78(4,5)6)46-58(40-53)79(7,8)9/h16-49,73H,1-15H3. The van der Waals surface area contributed by atoms with Gasteiger partial charge in [0.2, 0.25) is 0 Å². The van der Waals surface area contributed by atoms with Crippen LogP contribution in [0.1, 0.15) is 154 Å². The summed E-state index contributed by atoms with van der Waals surface area (Å²) in [4.78, 5) is 2.68. The van der Waals surface area contributed by atoms with Gasteiger partial charge in [0.05, 0.1) is 28.1 Å². The Morgan fingerprint density at radius 1 is 0.345 bits per heavy atom. The Morgan fingerprint density at radius 2 is 0.857 bits per heavy atom. The van der Waals surface area contributed by atoms with Crippen LogP contribution < -0.4 is 9.64 Å². The highest BCUT2D eigenvalue weighted by molar-refractivity contribution is 6.22. The molecule has 1 atom stereocenters. The Kier molecular flexibility index (Phi) is 12.8. The average Bonchev–Trinajstić information content (AvgIpc) is 1.11. The highest BCUT2D eigenvalue weighted by atomic mass is 16.5. The van der Waals surface area contributed by atoms with Crippen molar-refractivity contribution >= 4 is 38.9 Å². The van der Waals surface area contributed by atoms with Crippen molar-refractivity contribution < 1.29 is 4.74 Å². The lowest BCUT2D eigenvalue weighted by Crippen LogP contribution is -2.27. The van der Waals surface area contributed by atoms with E-state index in [2.05, 4.69) is 320 Å². The molecule has 3 heterocycles. The van der Waals surface area contributed by atoms with Gasteiger partial charge >= 0.3 is 0 Å². The molecule has 0 radical (unpaired) electrons. The van der Waals surface area contributed by atoms with Crippen molar-refractivity contribution in [3.63, 3.8) is 0 Å². The van der Waals surface area contributed by atoms with Crippen LogP contribution in [-0.4, -0.2) is 4.57 Å².